The van der Waals surface area contributed by atoms with Crippen LogP contribution in [0.15, 0.2) is 35.7 Å². The lowest BCUT2D eigenvalue weighted by molar-refractivity contribution is 0.175. The van der Waals surface area contributed by atoms with Crippen LogP contribution in [0, 0.1) is 18.3 Å². The van der Waals surface area contributed by atoms with Gasteiger partial charge in [-0.25, -0.2) is 13.1 Å². The molecule has 1 aromatic heterocycles. The first-order valence-corrected chi connectivity index (χ1v) is 11.5. The highest BCUT2D eigenvalue weighted by atomic mass is 32.2. The first-order chi connectivity index (χ1) is 14.5. The Kier molecular flexibility index (Phi) is 4.98. The molecule has 1 atom stereocenters. The number of hydrogen-bond acceptors (Lipinski definition) is 7. The molecule has 2 aliphatic heterocycles. The third kappa shape index (κ3) is 3.54. The van der Waals surface area contributed by atoms with Crippen molar-refractivity contribution in [2.45, 2.75) is 39.2 Å². The molecular weight excluding hydrogens is 418 g/mol. The third-order valence-corrected chi connectivity index (χ3v) is 6.92. The van der Waals surface area contributed by atoms with Crippen LogP contribution in [0.4, 0.5) is 5.69 Å². The molecule has 164 valence electrons. The van der Waals surface area contributed by atoms with Crippen molar-refractivity contribution in [3.63, 3.8) is 0 Å². The minimum absolute atomic E-state index is 0.0465. The van der Waals surface area contributed by atoms with Gasteiger partial charge in [0.05, 0.1) is 41.6 Å². The lowest BCUT2D eigenvalue weighted by atomic mass is 9.84. The van der Waals surface area contributed by atoms with Crippen LogP contribution in [0.1, 0.15) is 43.5 Å². The molecule has 2 aromatic rings. The van der Waals surface area contributed by atoms with E-state index in [1.807, 2.05) is 39.8 Å². The van der Waals surface area contributed by atoms with Crippen molar-refractivity contribution < 1.29 is 17.9 Å². The molecule has 1 aromatic carbocycles. The average molecular weight is 444 g/mol. The quantitative estimate of drug-likeness (QED) is 0.755. The molecule has 2 aliphatic rings. The Balaban J connectivity index is 1.81. The van der Waals surface area contributed by atoms with Gasteiger partial charge in [0.2, 0.25) is 11.8 Å². The maximum absolute atomic E-state index is 12.3. The minimum atomic E-state index is -3.51. The largest absolute Gasteiger partial charge is 0.422 e. The van der Waals surface area contributed by atoms with E-state index < -0.39 is 15.9 Å². The number of rotatable bonds is 2. The number of ether oxygens (including phenoxy) is 2. The van der Waals surface area contributed by atoms with Crippen molar-refractivity contribution >= 4 is 15.7 Å². The Bertz CT molecular complexity index is 1200. The number of anilines is 1. The molecule has 2 N–H and O–H groups in total. The number of aromatic nitrogens is 2. The van der Waals surface area contributed by atoms with E-state index in [2.05, 4.69) is 11.2 Å². The van der Waals surface area contributed by atoms with Gasteiger partial charge in [0.1, 0.15) is 11.6 Å². The van der Waals surface area contributed by atoms with E-state index in [9.17, 15) is 13.7 Å². The van der Waals surface area contributed by atoms with E-state index in [1.54, 1.807) is 16.8 Å². The van der Waals surface area contributed by atoms with Crippen LogP contribution < -0.4 is 14.8 Å². The van der Waals surface area contributed by atoms with E-state index in [1.165, 1.54) is 4.31 Å². The zero-order chi connectivity index (χ0) is 22.6. The molecule has 0 bridgehead atoms. The van der Waals surface area contributed by atoms with E-state index >= 15 is 0 Å². The number of aryl methyl sites for hydroxylation is 1. The molecule has 0 aliphatic carbocycles. The summed E-state index contributed by atoms with van der Waals surface area (Å²) in [6.45, 7) is 8.51. The van der Waals surface area contributed by atoms with Gasteiger partial charge in [0, 0.05) is 0 Å². The summed E-state index contributed by atoms with van der Waals surface area (Å²) in [5, 5.41) is 14.5. The third-order valence-electron chi connectivity index (χ3n) is 5.39. The Hall–Kier alpha value is -3.03. The number of nitrogens with zero attached hydrogens (tertiary/aromatic N) is 4. The van der Waals surface area contributed by atoms with Crippen LogP contribution in [-0.2, 0) is 20.3 Å². The number of hydrogen-bond donors (Lipinski definition) is 1. The van der Waals surface area contributed by atoms with Gasteiger partial charge in [-0.05, 0) is 45.4 Å². The SMILES string of the molecule is Cc1nn(C(C)(C)C)c2c1C(c1ccc(N3CCOCS3(=O)=O)cc1)C(C#N)=C(N)O2. The fraction of sp³-hybridized carbons (Fsp3) is 0.429. The van der Waals surface area contributed by atoms with E-state index in [0.29, 0.717) is 23.7 Å². The lowest BCUT2D eigenvalue weighted by Crippen LogP contribution is -2.41. The lowest BCUT2D eigenvalue weighted by Gasteiger charge is -2.29. The Morgan fingerprint density at radius 3 is 2.52 bits per heavy atom. The first-order valence-electron chi connectivity index (χ1n) is 9.90. The van der Waals surface area contributed by atoms with Gasteiger partial charge in [0.15, 0.2) is 5.94 Å². The Labute approximate surface area is 181 Å². The van der Waals surface area contributed by atoms with Gasteiger partial charge in [0.25, 0.3) is 10.0 Å². The van der Waals surface area contributed by atoms with Crippen LogP contribution in [0.3, 0.4) is 0 Å². The zero-order valence-electron chi connectivity index (χ0n) is 17.9. The molecule has 1 unspecified atom stereocenters. The highest BCUT2D eigenvalue weighted by molar-refractivity contribution is 7.92. The second kappa shape index (κ2) is 7.28. The molecule has 1 saturated heterocycles. The second-order valence-electron chi connectivity index (χ2n) is 8.61. The van der Waals surface area contributed by atoms with Gasteiger partial charge in [-0.2, -0.15) is 10.4 Å². The predicted molar refractivity (Wildman–Crippen MR) is 115 cm³/mol. The molecule has 9 nitrogen and oxygen atoms in total. The molecule has 4 rings (SSSR count). The van der Waals surface area contributed by atoms with Gasteiger partial charge in [-0.3, -0.25) is 4.31 Å². The molecule has 10 heteroatoms. The highest BCUT2D eigenvalue weighted by Crippen LogP contribution is 2.45. The van der Waals surface area contributed by atoms with E-state index in [-0.39, 0.29) is 23.9 Å². The fourth-order valence-electron chi connectivity index (χ4n) is 3.94. The molecule has 1 fully saturated rings. The monoisotopic (exact) mass is 443 g/mol. The van der Waals surface area contributed by atoms with Crippen LogP contribution in [0.2, 0.25) is 0 Å². The van der Waals surface area contributed by atoms with Crippen molar-refractivity contribution in [1.29, 1.82) is 5.26 Å². The molecule has 0 spiro atoms. The number of sulfonamides is 1. The number of allylic oxidation sites excluding steroid dienone is 1. The zero-order valence-corrected chi connectivity index (χ0v) is 18.7. The van der Waals surface area contributed by atoms with Gasteiger partial charge in [-0.15, -0.1) is 0 Å². The van der Waals surface area contributed by atoms with E-state index in [0.717, 1.165) is 16.8 Å². The Morgan fingerprint density at radius 2 is 1.94 bits per heavy atom. The molecule has 0 amide bonds. The summed E-state index contributed by atoms with van der Waals surface area (Å²) in [7, 11) is -3.51. The number of nitriles is 1. The smallest absolute Gasteiger partial charge is 0.259 e. The van der Waals surface area contributed by atoms with Gasteiger partial charge in [-0.1, -0.05) is 12.1 Å². The Morgan fingerprint density at radius 1 is 1.26 bits per heavy atom. The number of fused-ring (bicyclic) bond motifs is 1. The minimum Gasteiger partial charge on any atom is -0.422 e. The van der Waals surface area contributed by atoms with Crippen molar-refractivity contribution in [1.82, 2.24) is 9.78 Å². The van der Waals surface area contributed by atoms with E-state index in [4.69, 9.17) is 15.2 Å². The second-order valence-corrected chi connectivity index (χ2v) is 10.5. The molecule has 3 heterocycles. The summed E-state index contributed by atoms with van der Waals surface area (Å²) < 4.78 is 38.7. The fourth-order valence-corrected chi connectivity index (χ4v) is 5.19. The summed E-state index contributed by atoms with van der Waals surface area (Å²) in [6, 6.07) is 9.29. The average Bonchev–Trinajstić information content (AvgIpc) is 3.03. The molecule has 31 heavy (non-hydrogen) atoms. The summed E-state index contributed by atoms with van der Waals surface area (Å²) in [6.07, 6.45) is 0. The maximum Gasteiger partial charge on any atom is 0.259 e. The normalized spacial score (nSPS) is 20.7. The van der Waals surface area contributed by atoms with Gasteiger partial charge >= 0.3 is 0 Å². The number of nitrogens with two attached hydrogens (primary N) is 1. The molecular formula is C21H25N5O4S. The standard InChI is InChI=1S/C21H25N5O4S/c1-13-17-18(16(11-22)19(23)30-20(17)26(24-13)21(2,3)4)14-5-7-15(8-6-14)25-9-10-29-12-31(25,27)28/h5-8,18H,9-10,12,23H2,1-4H3. The van der Waals surface area contributed by atoms with Crippen LogP contribution in [-0.4, -0.2) is 37.3 Å². The van der Waals surface area contributed by atoms with Crippen LogP contribution >= 0.6 is 0 Å². The summed E-state index contributed by atoms with van der Waals surface area (Å²) in [5.74, 6) is -0.224. The molecule has 0 saturated carbocycles. The topological polar surface area (TPSA) is 123 Å². The van der Waals surface area contributed by atoms with Gasteiger partial charge < -0.3 is 15.2 Å². The van der Waals surface area contributed by atoms with Crippen molar-refractivity contribution in [2.75, 3.05) is 23.4 Å². The number of benzene rings is 1. The summed E-state index contributed by atoms with van der Waals surface area (Å²) in [4.78, 5) is 0. The summed E-state index contributed by atoms with van der Waals surface area (Å²) in [5.41, 5.74) is 8.97. The van der Waals surface area contributed by atoms with Crippen molar-refractivity contribution in [2.24, 2.45) is 5.73 Å². The van der Waals surface area contributed by atoms with Crippen LogP contribution in [0.5, 0.6) is 5.88 Å². The predicted octanol–water partition coefficient (Wildman–Crippen LogP) is 2.29. The maximum atomic E-state index is 12.3. The first kappa shape index (κ1) is 21.2. The summed E-state index contributed by atoms with van der Waals surface area (Å²) >= 11 is 0. The van der Waals surface area contributed by atoms with Crippen LogP contribution in [0.25, 0.3) is 0 Å². The van der Waals surface area contributed by atoms with Crippen molar-refractivity contribution in [3.05, 3.63) is 52.5 Å². The highest BCUT2D eigenvalue weighted by Gasteiger charge is 2.38. The molecule has 0 radical (unpaired) electrons. The van der Waals surface area contributed by atoms with Crippen molar-refractivity contribution in [3.8, 4) is 11.9 Å².